The van der Waals surface area contributed by atoms with Crippen molar-refractivity contribution < 1.29 is 22.5 Å². The highest BCUT2D eigenvalue weighted by Gasteiger charge is 2.32. The maximum absolute atomic E-state index is 13.8. The monoisotopic (exact) mass is 372 g/mol. The highest BCUT2D eigenvalue weighted by molar-refractivity contribution is 7.89. The van der Waals surface area contributed by atoms with Crippen LogP contribution in [0.4, 0.5) is 4.39 Å². The lowest BCUT2D eigenvalue weighted by molar-refractivity contribution is -0.895. The molecule has 1 saturated heterocycles. The number of halogens is 1. The van der Waals surface area contributed by atoms with E-state index in [1.165, 1.54) is 22.5 Å². The van der Waals surface area contributed by atoms with Crippen LogP contribution in [0.1, 0.15) is 26.7 Å². The Bertz CT molecular complexity index is 684. The standard InChI is InChI=1S/C17H26FN3O3S/c1-3-14(4-2)19-17(22)13-20-9-11-21(12-10-20)25(23,24)16-8-6-5-7-15(16)18/h5-8,14H,3-4,9-13H2,1-2H3,(H,19,22)/p+1. The van der Waals surface area contributed by atoms with Crippen molar-refractivity contribution in [3.63, 3.8) is 0 Å². The van der Waals surface area contributed by atoms with Gasteiger partial charge in [-0.05, 0) is 25.0 Å². The molecule has 2 rings (SSSR count). The van der Waals surface area contributed by atoms with Gasteiger partial charge in [-0.25, -0.2) is 12.8 Å². The molecule has 1 aliphatic heterocycles. The van der Waals surface area contributed by atoms with Crippen LogP contribution in [-0.2, 0) is 14.8 Å². The Morgan fingerprint density at radius 3 is 2.40 bits per heavy atom. The van der Waals surface area contributed by atoms with E-state index in [2.05, 4.69) is 5.32 Å². The molecule has 8 heteroatoms. The van der Waals surface area contributed by atoms with Crippen molar-refractivity contribution in [1.82, 2.24) is 9.62 Å². The van der Waals surface area contributed by atoms with Crippen LogP contribution in [0, 0.1) is 5.82 Å². The molecular formula is C17H27FN3O3S+. The van der Waals surface area contributed by atoms with Gasteiger partial charge in [0.25, 0.3) is 5.91 Å². The van der Waals surface area contributed by atoms with Crippen LogP contribution in [-0.4, -0.2) is 57.4 Å². The van der Waals surface area contributed by atoms with Crippen LogP contribution in [0.15, 0.2) is 29.2 Å². The zero-order valence-corrected chi connectivity index (χ0v) is 15.6. The van der Waals surface area contributed by atoms with E-state index < -0.39 is 15.8 Å². The van der Waals surface area contributed by atoms with E-state index in [9.17, 15) is 17.6 Å². The third-order valence-corrected chi connectivity index (χ3v) is 6.58. The summed E-state index contributed by atoms with van der Waals surface area (Å²) in [4.78, 5) is 12.8. The van der Waals surface area contributed by atoms with Gasteiger partial charge in [0.15, 0.2) is 6.54 Å². The SMILES string of the molecule is CCC(CC)NC(=O)C[NH+]1CCN(S(=O)(=O)c2ccccc2F)CC1. The number of amides is 1. The van der Waals surface area contributed by atoms with Crippen LogP contribution in [0.2, 0.25) is 0 Å². The smallest absolute Gasteiger partial charge is 0.275 e. The molecular weight excluding hydrogens is 345 g/mol. The van der Waals surface area contributed by atoms with Gasteiger partial charge < -0.3 is 10.2 Å². The van der Waals surface area contributed by atoms with Crippen LogP contribution < -0.4 is 10.2 Å². The number of sulfonamides is 1. The van der Waals surface area contributed by atoms with Crippen LogP contribution in [0.5, 0.6) is 0 Å². The summed E-state index contributed by atoms with van der Waals surface area (Å²) in [6.45, 7) is 6.04. The van der Waals surface area contributed by atoms with Gasteiger partial charge in [0.1, 0.15) is 10.7 Å². The van der Waals surface area contributed by atoms with Crippen molar-refractivity contribution in [1.29, 1.82) is 0 Å². The molecule has 0 unspecified atom stereocenters. The second kappa shape index (κ2) is 8.73. The first-order valence-electron chi connectivity index (χ1n) is 8.76. The molecule has 1 aromatic rings. The van der Waals surface area contributed by atoms with E-state index in [1.54, 1.807) is 0 Å². The normalized spacial score (nSPS) is 17.0. The molecule has 0 aromatic heterocycles. The maximum Gasteiger partial charge on any atom is 0.275 e. The number of carbonyl (C=O) groups excluding carboxylic acids is 1. The van der Waals surface area contributed by atoms with E-state index >= 15 is 0 Å². The number of benzene rings is 1. The molecule has 1 aromatic carbocycles. The minimum atomic E-state index is -3.83. The number of nitrogens with one attached hydrogen (secondary N) is 2. The third kappa shape index (κ3) is 4.99. The average Bonchev–Trinajstić information content (AvgIpc) is 2.60. The number of hydrogen-bond acceptors (Lipinski definition) is 3. The summed E-state index contributed by atoms with van der Waals surface area (Å²) >= 11 is 0. The Morgan fingerprint density at radius 2 is 1.84 bits per heavy atom. The van der Waals surface area contributed by atoms with E-state index in [4.69, 9.17) is 0 Å². The van der Waals surface area contributed by atoms with Crippen molar-refractivity contribution in [2.24, 2.45) is 0 Å². The van der Waals surface area contributed by atoms with Crippen molar-refractivity contribution in [3.05, 3.63) is 30.1 Å². The molecule has 1 amide bonds. The lowest BCUT2D eigenvalue weighted by atomic mass is 10.2. The minimum Gasteiger partial charge on any atom is -0.349 e. The van der Waals surface area contributed by atoms with Crippen LogP contribution in [0.3, 0.4) is 0 Å². The molecule has 140 valence electrons. The number of nitrogens with zero attached hydrogens (tertiary/aromatic N) is 1. The molecule has 25 heavy (non-hydrogen) atoms. The highest BCUT2D eigenvalue weighted by atomic mass is 32.2. The quantitative estimate of drug-likeness (QED) is 0.709. The van der Waals surface area contributed by atoms with Crippen LogP contribution >= 0.6 is 0 Å². The topological polar surface area (TPSA) is 70.9 Å². The molecule has 0 atom stereocenters. The number of quaternary nitrogens is 1. The van der Waals surface area contributed by atoms with Gasteiger partial charge in [0.2, 0.25) is 10.0 Å². The summed E-state index contributed by atoms with van der Waals surface area (Å²) in [6.07, 6.45) is 1.79. The summed E-state index contributed by atoms with van der Waals surface area (Å²) in [7, 11) is -3.83. The van der Waals surface area contributed by atoms with Gasteiger partial charge in [0.05, 0.1) is 26.2 Å². The Morgan fingerprint density at radius 1 is 1.24 bits per heavy atom. The zero-order valence-electron chi connectivity index (χ0n) is 14.8. The summed E-state index contributed by atoms with van der Waals surface area (Å²) in [5.41, 5.74) is 0. The first-order chi connectivity index (χ1) is 11.9. The molecule has 2 N–H and O–H groups in total. The van der Waals surface area contributed by atoms with Gasteiger partial charge in [-0.2, -0.15) is 4.31 Å². The van der Waals surface area contributed by atoms with Crippen molar-refractivity contribution in [2.45, 2.75) is 37.6 Å². The molecule has 1 fully saturated rings. The molecule has 1 heterocycles. The van der Waals surface area contributed by atoms with E-state index in [0.29, 0.717) is 19.6 Å². The number of hydrogen-bond donors (Lipinski definition) is 2. The molecule has 0 saturated carbocycles. The lowest BCUT2D eigenvalue weighted by Crippen LogP contribution is -3.15. The number of rotatable bonds is 7. The van der Waals surface area contributed by atoms with Gasteiger partial charge in [-0.1, -0.05) is 26.0 Å². The summed E-state index contributed by atoms with van der Waals surface area (Å²) in [6, 6.07) is 5.60. The third-order valence-electron chi connectivity index (χ3n) is 4.65. The fourth-order valence-corrected chi connectivity index (χ4v) is 4.52. The van der Waals surface area contributed by atoms with Crippen molar-refractivity contribution in [2.75, 3.05) is 32.7 Å². The summed E-state index contributed by atoms with van der Waals surface area (Å²) < 4.78 is 40.2. The van der Waals surface area contributed by atoms with E-state index in [0.717, 1.165) is 23.8 Å². The second-order valence-corrected chi connectivity index (χ2v) is 8.25. The Kier molecular flexibility index (Phi) is 6.92. The number of carbonyl (C=O) groups is 1. The Labute approximate surface area is 149 Å². The maximum atomic E-state index is 13.8. The molecule has 1 aliphatic rings. The molecule has 6 nitrogen and oxygen atoms in total. The second-order valence-electron chi connectivity index (χ2n) is 6.34. The van der Waals surface area contributed by atoms with Gasteiger partial charge in [-0.15, -0.1) is 0 Å². The molecule has 0 spiro atoms. The predicted octanol–water partition coefficient (Wildman–Crippen LogP) is 0.0197. The van der Waals surface area contributed by atoms with E-state index in [-0.39, 0.29) is 29.9 Å². The van der Waals surface area contributed by atoms with E-state index in [1.807, 2.05) is 13.8 Å². The predicted molar refractivity (Wildman–Crippen MR) is 93.2 cm³/mol. The van der Waals surface area contributed by atoms with Gasteiger partial charge in [-0.3, -0.25) is 4.79 Å². The van der Waals surface area contributed by atoms with Gasteiger partial charge in [0, 0.05) is 6.04 Å². The molecule has 0 radical (unpaired) electrons. The summed E-state index contributed by atoms with van der Waals surface area (Å²) in [5.74, 6) is -0.740. The first kappa shape index (κ1) is 19.8. The zero-order chi connectivity index (χ0) is 18.4. The Hall–Kier alpha value is -1.51. The average molecular weight is 372 g/mol. The lowest BCUT2D eigenvalue weighted by Gasteiger charge is -2.31. The minimum absolute atomic E-state index is 0.00545. The summed E-state index contributed by atoms with van der Waals surface area (Å²) in [5, 5.41) is 3.00. The highest BCUT2D eigenvalue weighted by Crippen LogP contribution is 2.18. The molecule has 0 bridgehead atoms. The first-order valence-corrected chi connectivity index (χ1v) is 10.2. The fourth-order valence-electron chi connectivity index (χ4n) is 3.01. The van der Waals surface area contributed by atoms with Gasteiger partial charge >= 0.3 is 0 Å². The van der Waals surface area contributed by atoms with Crippen LogP contribution in [0.25, 0.3) is 0 Å². The largest absolute Gasteiger partial charge is 0.349 e. The van der Waals surface area contributed by atoms with Crippen molar-refractivity contribution >= 4 is 15.9 Å². The molecule has 0 aliphatic carbocycles. The number of piperazine rings is 1. The Balaban J connectivity index is 1.91. The fraction of sp³-hybridized carbons (Fsp3) is 0.588. The van der Waals surface area contributed by atoms with Crippen molar-refractivity contribution in [3.8, 4) is 0 Å².